The third kappa shape index (κ3) is 3.88. The van der Waals surface area contributed by atoms with E-state index in [-0.39, 0.29) is 29.8 Å². The van der Waals surface area contributed by atoms with Gasteiger partial charge in [0.15, 0.2) is 17.2 Å². The van der Waals surface area contributed by atoms with E-state index in [1.165, 1.54) is 0 Å². The van der Waals surface area contributed by atoms with Crippen molar-refractivity contribution in [1.29, 1.82) is 0 Å². The first-order valence-corrected chi connectivity index (χ1v) is 9.86. The highest BCUT2D eigenvalue weighted by atomic mass is 35.5. The van der Waals surface area contributed by atoms with Crippen molar-refractivity contribution in [1.82, 2.24) is 15.3 Å². The topological polar surface area (TPSA) is 107 Å². The molecule has 0 unspecified atom stereocenters. The zero-order valence-corrected chi connectivity index (χ0v) is 15.4. The van der Waals surface area contributed by atoms with Crippen LogP contribution in [0.5, 0.6) is 11.5 Å². The van der Waals surface area contributed by atoms with Gasteiger partial charge in [0.1, 0.15) is 0 Å². The number of aromatic nitrogens is 2. The normalized spacial score (nSPS) is 12.8. The Morgan fingerprint density at radius 3 is 2.85 bits per heavy atom. The number of hydrogen-bond donors (Lipinski definition) is 1. The molecular formula is C16H16ClN3O5S. The van der Waals surface area contributed by atoms with Crippen molar-refractivity contribution in [3.63, 3.8) is 0 Å². The summed E-state index contributed by atoms with van der Waals surface area (Å²) in [6.07, 6.45) is 1.53. The highest BCUT2D eigenvalue weighted by Crippen LogP contribution is 2.32. The number of benzene rings is 1. The molecule has 0 radical (unpaired) electrons. The molecule has 0 spiro atoms. The fourth-order valence-electron chi connectivity index (χ4n) is 2.34. The van der Waals surface area contributed by atoms with Gasteiger partial charge in [-0.1, -0.05) is 24.6 Å². The smallest absolute Gasteiger partial charge is 0.271 e. The first-order chi connectivity index (χ1) is 12.4. The Morgan fingerprint density at radius 1 is 1.31 bits per heavy atom. The molecule has 0 bridgehead atoms. The molecule has 138 valence electrons. The van der Waals surface area contributed by atoms with Gasteiger partial charge in [-0.15, -0.1) is 0 Å². The fraction of sp³-hybridized carbons (Fsp3) is 0.312. The second-order valence-electron chi connectivity index (χ2n) is 5.54. The summed E-state index contributed by atoms with van der Waals surface area (Å²) in [6.45, 7) is 2.08. The minimum absolute atomic E-state index is 0.0244. The van der Waals surface area contributed by atoms with Gasteiger partial charge in [-0.3, -0.25) is 4.79 Å². The highest BCUT2D eigenvalue weighted by Gasteiger charge is 2.22. The number of carbonyl (C=O) groups excluding carboxylic acids is 1. The standard InChI is InChI=1S/C16H16ClN3O5S/c1-2-5-26(22,23)16-19-8-11(17)14(20-16)15(21)18-7-10-3-4-12-13(6-10)25-9-24-12/h3-4,6,8H,2,5,7,9H2,1H3,(H,18,21). The van der Waals surface area contributed by atoms with Crippen molar-refractivity contribution in [2.24, 2.45) is 0 Å². The summed E-state index contributed by atoms with van der Waals surface area (Å²) in [7, 11) is -3.65. The van der Waals surface area contributed by atoms with Crippen LogP contribution in [0.3, 0.4) is 0 Å². The molecule has 0 atom stereocenters. The number of halogens is 1. The summed E-state index contributed by atoms with van der Waals surface area (Å²) >= 11 is 5.96. The number of hydrogen-bond acceptors (Lipinski definition) is 7. The van der Waals surface area contributed by atoms with Gasteiger partial charge in [0.25, 0.3) is 5.91 Å². The molecule has 8 nitrogen and oxygen atoms in total. The summed E-state index contributed by atoms with van der Waals surface area (Å²) in [5, 5.41) is 2.22. The van der Waals surface area contributed by atoms with Gasteiger partial charge < -0.3 is 14.8 Å². The minimum Gasteiger partial charge on any atom is -0.454 e. The molecule has 10 heteroatoms. The van der Waals surface area contributed by atoms with E-state index in [4.69, 9.17) is 21.1 Å². The van der Waals surface area contributed by atoms with Crippen LogP contribution in [0.1, 0.15) is 29.4 Å². The molecule has 1 amide bonds. The quantitative estimate of drug-likeness (QED) is 0.742. The molecule has 1 N–H and O–H groups in total. The summed E-state index contributed by atoms with van der Waals surface area (Å²) < 4.78 is 34.7. The predicted octanol–water partition coefficient (Wildman–Crippen LogP) is 1.97. The van der Waals surface area contributed by atoms with Crippen LogP contribution >= 0.6 is 11.6 Å². The van der Waals surface area contributed by atoms with Crippen molar-refractivity contribution in [3.8, 4) is 11.5 Å². The number of sulfone groups is 1. The van der Waals surface area contributed by atoms with Gasteiger partial charge in [0, 0.05) is 6.54 Å². The third-order valence-electron chi connectivity index (χ3n) is 3.58. The van der Waals surface area contributed by atoms with Crippen LogP contribution in [0.25, 0.3) is 0 Å². The minimum atomic E-state index is -3.65. The van der Waals surface area contributed by atoms with E-state index in [0.717, 1.165) is 11.8 Å². The Kier molecular flexibility index (Phi) is 5.28. The average Bonchev–Trinajstić information content (AvgIpc) is 3.07. The van der Waals surface area contributed by atoms with Crippen LogP contribution in [-0.2, 0) is 16.4 Å². The van der Waals surface area contributed by atoms with Gasteiger partial charge in [-0.05, 0) is 24.1 Å². The molecule has 1 aromatic carbocycles. The zero-order chi connectivity index (χ0) is 18.7. The van der Waals surface area contributed by atoms with Crippen LogP contribution in [0.15, 0.2) is 29.6 Å². The molecule has 2 aromatic rings. The molecule has 1 aliphatic rings. The number of carbonyl (C=O) groups is 1. The molecular weight excluding hydrogens is 382 g/mol. The summed E-state index contributed by atoms with van der Waals surface area (Å²) in [5.74, 6) is 0.546. The van der Waals surface area contributed by atoms with Crippen LogP contribution in [0.2, 0.25) is 5.02 Å². The number of fused-ring (bicyclic) bond motifs is 1. The van der Waals surface area contributed by atoms with E-state index < -0.39 is 20.9 Å². The highest BCUT2D eigenvalue weighted by molar-refractivity contribution is 7.91. The number of amides is 1. The number of nitrogens with zero attached hydrogens (tertiary/aromatic N) is 2. The van der Waals surface area contributed by atoms with Gasteiger partial charge in [0.05, 0.1) is 17.0 Å². The van der Waals surface area contributed by atoms with Crippen molar-refractivity contribution >= 4 is 27.3 Å². The third-order valence-corrected chi connectivity index (χ3v) is 5.55. The SMILES string of the molecule is CCCS(=O)(=O)c1ncc(Cl)c(C(=O)NCc2ccc3c(c2)OCO3)n1. The summed E-state index contributed by atoms with van der Waals surface area (Å²) in [6, 6.07) is 5.28. The molecule has 0 aliphatic carbocycles. The number of ether oxygens (including phenoxy) is 2. The molecule has 1 aromatic heterocycles. The molecule has 0 fully saturated rings. The molecule has 1 aliphatic heterocycles. The average molecular weight is 398 g/mol. The fourth-order valence-corrected chi connectivity index (χ4v) is 3.68. The van der Waals surface area contributed by atoms with Crippen molar-refractivity contribution in [3.05, 3.63) is 40.7 Å². The first-order valence-electron chi connectivity index (χ1n) is 7.82. The van der Waals surface area contributed by atoms with Crippen molar-refractivity contribution in [2.75, 3.05) is 12.5 Å². The van der Waals surface area contributed by atoms with Crippen LogP contribution in [0, 0.1) is 0 Å². The molecule has 3 rings (SSSR count). The largest absolute Gasteiger partial charge is 0.454 e. The Bertz CT molecular complexity index is 949. The Labute approximate surface area is 155 Å². The van der Waals surface area contributed by atoms with E-state index in [2.05, 4.69) is 15.3 Å². The Balaban J connectivity index is 1.75. The van der Waals surface area contributed by atoms with E-state index in [1.54, 1.807) is 25.1 Å². The Morgan fingerprint density at radius 2 is 2.08 bits per heavy atom. The van der Waals surface area contributed by atoms with E-state index in [1.807, 2.05) is 0 Å². The number of rotatable bonds is 6. The maximum Gasteiger partial charge on any atom is 0.271 e. The van der Waals surface area contributed by atoms with E-state index in [9.17, 15) is 13.2 Å². The van der Waals surface area contributed by atoms with E-state index in [0.29, 0.717) is 17.9 Å². The van der Waals surface area contributed by atoms with Crippen LogP contribution in [0.4, 0.5) is 0 Å². The second kappa shape index (κ2) is 7.46. The maximum atomic E-state index is 12.4. The van der Waals surface area contributed by atoms with Gasteiger partial charge in [-0.25, -0.2) is 18.4 Å². The lowest BCUT2D eigenvalue weighted by atomic mass is 10.2. The molecule has 0 saturated carbocycles. The van der Waals surface area contributed by atoms with Crippen LogP contribution in [-0.4, -0.2) is 36.8 Å². The van der Waals surface area contributed by atoms with Crippen LogP contribution < -0.4 is 14.8 Å². The number of nitrogens with one attached hydrogen (secondary N) is 1. The molecule has 2 heterocycles. The monoisotopic (exact) mass is 397 g/mol. The van der Waals surface area contributed by atoms with Gasteiger partial charge >= 0.3 is 0 Å². The van der Waals surface area contributed by atoms with Crippen molar-refractivity contribution < 1.29 is 22.7 Å². The lowest BCUT2D eigenvalue weighted by Crippen LogP contribution is -2.25. The van der Waals surface area contributed by atoms with E-state index >= 15 is 0 Å². The second-order valence-corrected chi connectivity index (χ2v) is 7.95. The summed E-state index contributed by atoms with van der Waals surface area (Å²) in [4.78, 5) is 19.9. The first kappa shape index (κ1) is 18.4. The zero-order valence-electron chi connectivity index (χ0n) is 13.9. The Hall–Kier alpha value is -2.39. The maximum absolute atomic E-state index is 12.4. The lowest BCUT2D eigenvalue weighted by molar-refractivity contribution is 0.0945. The van der Waals surface area contributed by atoms with Crippen molar-refractivity contribution in [2.45, 2.75) is 25.0 Å². The van der Waals surface area contributed by atoms with Gasteiger partial charge in [-0.2, -0.15) is 0 Å². The van der Waals surface area contributed by atoms with Gasteiger partial charge in [0.2, 0.25) is 21.8 Å². The predicted molar refractivity (Wildman–Crippen MR) is 93.1 cm³/mol. The summed E-state index contributed by atoms with van der Waals surface area (Å²) in [5.41, 5.74) is 0.601. The molecule has 0 saturated heterocycles. The molecule has 26 heavy (non-hydrogen) atoms. The lowest BCUT2D eigenvalue weighted by Gasteiger charge is -2.08.